The van der Waals surface area contributed by atoms with Gasteiger partial charge in [0.05, 0.1) is 79.3 Å². The second kappa shape index (κ2) is 29.4. The molecule has 1 fully saturated rings. The molecule has 0 aromatic heterocycles. The van der Waals surface area contributed by atoms with Crippen LogP contribution in [-0.2, 0) is 28.4 Å². The normalized spacial score (nSPS) is 18.7. The first-order valence-corrected chi connectivity index (χ1v) is 8.56. The molecule has 27 heavy (non-hydrogen) atoms. The molecule has 1 saturated heterocycles. The van der Waals surface area contributed by atoms with E-state index in [4.69, 9.17) is 48.8 Å². The van der Waals surface area contributed by atoms with Gasteiger partial charge in [0.2, 0.25) is 0 Å². The molecular formula is C16H32BaO10-2. The van der Waals surface area contributed by atoms with Crippen LogP contribution in [-0.4, -0.2) is 141 Å². The average Bonchev–Trinajstić information content (AvgIpc) is 2.54. The molecule has 0 aromatic rings. The van der Waals surface area contributed by atoms with Crippen molar-refractivity contribution < 1.29 is 48.8 Å². The Hall–Kier alpha value is 1.17. The van der Waals surface area contributed by atoms with Crippen molar-refractivity contribution in [3.05, 3.63) is 0 Å². The molecule has 0 spiro atoms. The first-order chi connectivity index (χ1) is 12.5. The van der Waals surface area contributed by atoms with E-state index < -0.39 is 12.6 Å². The van der Waals surface area contributed by atoms with E-state index in [2.05, 4.69) is 0 Å². The van der Waals surface area contributed by atoms with Crippen molar-refractivity contribution in [3.63, 3.8) is 0 Å². The summed E-state index contributed by atoms with van der Waals surface area (Å²) in [6, 6.07) is 0. The van der Waals surface area contributed by atoms with E-state index in [9.17, 15) is 0 Å². The van der Waals surface area contributed by atoms with Crippen LogP contribution in [0.15, 0.2) is 0 Å². The van der Waals surface area contributed by atoms with Gasteiger partial charge in [0.1, 0.15) is 0 Å². The molecule has 0 saturated carbocycles. The van der Waals surface area contributed by atoms with E-state index in [1.54, 1.807) is 0 Å². The summed E-state index contributed by atoms with van der Waals surface area (Å²) in [7, 11) is 0. The zero-order valence-corrected chi connectivity index (χ0v) is 20.9. The molecule has 0 unspecified atom stereocenters. The first kappa shape index (κ1) is 32.8. The zero-order valence-electron chi connectivity index (χ0n) is 16.4. The Bertz CT molecular complexity index is 161. The third kappa shape index (κ3) is 46.8. The van der Waals surface area contributed by atoms with Gasteiger partial charge in [-0.05, 0) is 0 Å². The van der Waals surface area contributed by atoms with Crippen LogP contribution in [0.4, 0.5) is 0 Å². The van der Waals surface area contributed by atoms with E-state index in [1.165, 1.54) is 0 Å². The molecule has 0 N–H and O–H groups in total. The second-order valence-corrected chi connectivity index (χ2v) is 4.81. The maximum absolute atomic E-state index is 8.97. The van der Waals surface area contributed by atoms with Gasteiger partial charge in [-0.1, -0.05) is 13.8 Å². The molecule has 0 amide bonds. The van der Waals surface area contributed by atoms with E-state index >= 15 is 0 Å². The van der Waals surface area contributed by atoms with E-state index in [0.29, 0.717) is 79.3 Å². The van der Waals surface area contributed by atoms with Crippen LogP contribution in [0.25, 0.3) is 0 Å². The van der Waals surface area contributed by atoms with E-state index in [0.717, 1.165) is 13.8 Å². The van der Waals surface area contributed by atoms with Gasteiger partial charge in [-0.15, -0.1) is 0 Å². The van der Waals surface area contributed by atoms with Crippen molar-refractivity contribution >= 4 is 48.9 Å². The van der Waals surface area contributed by atoms with Crippen LogP contribution in [0.3, 0.4) is 0 Å². The Morgan fingerprint density at radius 1 is 0.407 bits per heavy atom. The molecule has 10 nitrogen and oxygen atoms in total. The minimum atomic E-state index is -1.67. The summed E-state index contributed by atoms with van der Waals surface area (Å²) in [4.78, 5) is 0. The molecule has 0 bridgehead atoms. The second-order valence-electron chi connectivity index (χ2n) is 4.81. The predicted molar refractivity (Wildman–Crippen MR) is 89.6 cm³/mol. The van der Waals surface area contributed by atoms with Crippen LogP contribution in [0.2, 0.25) is 0 Å². The zero-order chi connectivity index (χ0) is 19.9. The Morgan fingerprint density at radius 2 is 0.481 bits per heavy atom. The summed E-state index contributed by atoms with van der Waals surface area (Å²) in [5.41, 5.74) is 0. The van der Waals surface area contributed by atoms with Gasteiger partial charge in [-0.2, -0.15) is 0 Å². The quantitative estimate of drug-likeness (QED) is 0.227. The Balaban J connectivity index is -0.000000543. The molecule has 11 heteroatoms. The fourth-order valence-corrected chi connectivity index (χ4v) is 1.32. The van der Waals surface area contributed by atoms with Gasteiger partial charge in [0.25, 0.3) is 0 Å². The molecule has 160 valence electrons. The van der Waals surface area contributed by atoms with Crippen LogP contribution < -0.4 is 20.4 Å². The van der Waals surface area contributed by atoms with Gasteiger partial charge < -0.3 is 48.8 Å². The maximum atomic E-state index is 8.97. The average molecular weight is 522 g/mol. The topological polar surface area (TPSA) is 148 Å². The fourth-order valence-electron chi connectivity index (χ4n) is 1.32. The van der Waals surface area contributed by atoms with Crippen molar-refractivity contribution in [2.24, 2.45) is 0 Å². The van der Waals surface area contributed by atoms with Crippen molar-refractivity contribution in [3.8, 4) is 0 Å². The largest absolute Gasteiger partial charge is 2.00 e. The van der Waals surface area contributed by atoms with Gasteiger partial charge in [0, 0.05) is 0 Å². The monoisotopic (exact) mass is 522 g/mol. The van der Waals surface area contributed by atoms with Crippen LogP contribution in [0.5, 0.6) is 0 Å². The summed E-state index contributed by atoms with van der Waals surface area (Å²) >= 11 is 0. The number of hydrogen-bond acceptors (Lipinski definition) is 10. The third-order valence-electron chi connectivity index (χ3n) is 2.23. The molecule has 1 aliphatic heterocycles. The molecule has 0 atom stereocenters. The minimum Gasteiger partial charge on any atom is -0.866 e. The standard InChI is InChI=1S/C12H24O6.2C2H4O2.Ba/c1-2-14-5-6-16-9-10-18-12-11-17-8-7-15-4-3-13-1;2*1-2(3)4;/h1-12H2;2*2H,1H3;/q;2*-2;+2. The maximum Gasteiger partial charge on any atom is 2.00 e. The van der Waals surface area contributed by atoms with Gasteiger partial charge in [-0.3, -0.25) is 0 Å². The number of ether oxygens (including phenoxy) is 6. The van der Waals surface area contributed by atoms with Gasteiger partial charge >= 0.3 is 48.9 Å². The van der Waals surface area contributed by atoms with Gasteiger partial charge in [-0.25, -0.2) is 12.6 Å². The van der Waals surface area contributed by atoms with E-state index in [-0.39, 0.29) is 48.9 Å². The molecule has 1 aliphatic rings. The van der Waals surface area contributed by atoms with Crippen molar-refractivity contribution in [1.29, 1.82) is 0 Å². The molecule has 1 heterocycles. The molecule has 0 radical (unpaired) electrons. The van der Waals surface area contributed by atoms with Crippen molar-refractivity contribution in [2.75, 3.05) is 79.3 Å². The SMILES string of the molecule is C1COCCOCCOCCOCCOCCO1.CC([O-])[O-].CC([O-])[O-].[Ba+2]. The summed E-state index contributed by atoms with van der Waals surface area (Å²) in [6.45, 7) is 9.15. The number of hydrogen-bond donors (Lipinski definition) is 0. The molecule has 1 rings (SSSR count). The fraction of sp³-hybridized carbons (Fsp3) is 1.00. The van der Waals surface area contributed by atoms with Crippen LogP contribution >= 0.6 is 0 Å². The summed E-state index contributed by atoms with van der Waals surface area (Å²) < 4.78 is 32.0. The first-order valence-electron chi connectivity index (χ1n) is 8.56. The van der Waals surface area contributed by atoms with E-state index in [1.807, 2.05) is 0 Å². The summed E-state index contributed by atoms with van der Waals surface area (Å²) in [6.07, 6.45) is -3.33. The van der Waals surface area contributed by atoms with Crippen molar-refractivity contribution in [2.45, 2.75) is 26.4 Å². The van der Waals surface area contributed by atoms with Crippen LogP contribution in [0.1, 0.15) is 13.8 Å². The molecule has 0 aromatic carbocycles. The Kier molecular flexibility index (Phi) is 35.7. The Labute approximate surface area is 202 Å². The van der Waals surface area contributed by atoms with Crippen molar-refractivity contribution in [1.82, 2.24) is 0 Å². The minimum absolute atomic E-state index is 0. The smallest absolute Gasteiger partial charge is 0.866 e. The number of rotatable bonds is 0. The predicted octanol–water partition coefficient (Wildman–Crippen LogP) is -4.18. The Morgan fingerprint density at radius 3 is 0.556 bits per heavy atom. The van der Waals surface area contributed by atoms with Crippen LogP contribution in [0, 0.1) is 0 Å². The summed E-state index contributed by atoms with van der Waals surface area (Å²) in [5.74, 6) is 0. The van der Waals surface area contributed by atoms with Gasteiger partial charge in [0.15, 0.2) is 0 Å². The summed E-state index contributed by atoms with van der Waals surface area (Å²) in [5, 5.41) is 35.9. The molecular weight excluding hydrogens is 489 g/mol. The molecule has 0 aliphatic carbocycles. The third-order valence-corrected chi connectivity index (χ3v) is 2.23.